The molecule has 5 nitrogen and oxygen atoms in total. The maximum atomic E-state index is 12.6. The van der Waals surface area contributed by atoms with E-state index in [0.717, 1.165) is 5.56 Å². The molecule has 1 aromatic heterocycles. The second-order valence-electron chi connectivity index (χ2n) is 5.38. The fourth-order valence-electron chi connectivity index (χ4n) is 2.38. The van der Waals surface area contributed by atoms with Gasteiger partial charge < -0.3 is 15.8 Å². The van der Waals surface area contributed by atoms with Crippen LogP contribution in [-0.4, -0.2) is 5.91 Å². The number of hydrogen-bond acceptors (Lipinski definition) is 3. The smallest absolute Gasteiger partial charge is 0.310 e. The lowest BCUT2D eigenvalue weighted by atomic mass is 10.1. The summed E-state index contributed by atoms with van der Waals surface area (Å²) in [6, 6.07) is 20.2. The van der Waals surface area contributed by atoms with Gasteiger partial charge in [-0.15, -0.1) is 0 Å². The summed E-state index contributed by atoms with van der Waals surface area (Å²) in [5, 5.41) is 17.4. The number of carbonyl (C=O) groups is 1. The third kappa shape index (κ3) is 4.08. The zero-order valence-corrected chi connectivity index (χ0v) is 14.0. The summed E-state index contributed by atoms with van der Waals surface area (Å²) in [6.45, 7) is 0.595. The Kier molecular flexibility index (Phi) is 5.16. The first-order chi connectivity index (χ1) is 12.1. The Morgan fingerprint density at radius 1 is 0.960 bits per heavy atom. The highest BCUT2D eigenvalue weighted by atomic mass is 35.5. The summed E-state index contributed by atoms with van der Waals surface area (Å²) in [6.07, 6.45) is 1.27. The maximum Gasteiger partial charge on any atom is 0.310 e. The number of carbonyl (C=O) groups excluding carboxylic acids is 1. The summed E-state index contributed by atoms with van der Waals surface area (Å²) in [7, 11) is 0. The second kappa shape index (κ2) is 7.68. The number of aromatic nitrogens is 1. The van der Waals surface area contributed by atoms with E-state index in [9.17, 15) is 10.0 Å². The number of pyridine rings is 1. The number of halogens is 1. The lowest BCUT2D eigenvalue weighted by Crippen LogP contribution is -2.28. The van der Waals surface area contributed by atoms with Crippen molar-refractivity contribution < 1.29 is 9.52 Å². The van der Waals surface area contributed by atoms with Crippen molar-refractivity contribution in [1.82, 2.24) is 0 Å². The van der Waals surface area contributed by atoms with Crippen molar-refractivity contribution in [3.63, 3.8) is 0 Å². The van der Waals surface area contributed by atoms with Crippen molar-refractivity contribution in [2.75, 3.05) is 10.6 Å². The van der Waals surface area contributed by atoms with Crippen LogP contribution < -0.4 is 15.4 Å². The molecule has 0 radical (unpaired) electrons. The molecule has 6 heteroatoms. The Morgan fingerprint density at radius 2 is 1.64 bits per heavy atom. The van der Waals surface area contributed by atoms with Gasteiger partial charge in [-0.2, -0.15) is 4.73 Å². The van der Waals surface area contributed by atoms with Gasteiger partial charge in [0.1, 0.15) is 5.69 Å². The van der Waals surface area contributed by atoms with Gasteiger partial charge in [0.25, 0.3) is 5.91 Å². The van der Waals surface area contributed by atoms with E-state index in [4.69, 9.17) is 11.6 Å². The SMILES string of the molecule is O=C(Nc1ccc[n+]([O-])c1Cl)c1ccccc1NCc1ccccc1. The summed E-state index contributed by atoms with van der Waals surface area (Å²) in [5.41, 5.74) is 2.54. The molecule has 25 heavy (non-hydrogen) atoms. The number of anilines is 2. The third-order valence-electron chi connectivity index (χ3n) is 3.65. The van der Waals surface area contributed by atoms with Crippen LogP contribution in [0.5, 0.6) is 0 Å². The molecule has 0 unspecified atom stereocenters. The molecule has 3 rings (SSSR count). The van der Waals surface area contributed by atoms with E-state index in [1.807, 2.05) is 42.5 Å². The summed E-state index contributed by atoms with van der Waals surface area (Å²) < 4.78 is 0.497. The minimum absolute atomic E-state index is 0.0782. The topological polar surface area (TPSA) is 68.1 Å². The quantitative estimate of drug-likeness (QED) is 0.416. The normalized spacial score (nSPS) is 10.3. The molecule has 0 saturated heterocycles. The lowest BCUT2D eigenvalue weighted by molar-refractivity contribution is -0.602. The fourth-order valence-corrected chi connectivity index (χ4v) is 2.55. The zero-order chi connectivity index (χ0) is 17.6. The number of rotatable bonds is 5. The lowest BCUT2D eigenvalue weighted by Gasteiger charge is -2.12. The van der Waals surface area contributed by atoms with E-state index in [2.05, 4.69) is 10.6 Å². The van der Waals surface area contributed by atoms with Gasteiger partial charge in [-0.25, -0.2) is 0 Å². The van der Waals surface area contributed by atoms with Gasteiger partial charge in [-0.1, -0.05) is 42.5 Å². The molecule has 0 bridgehead atoms. The molecule has 126 valence electrons. The Balaban J connectivity index is 1.78. The molecule has 0 aliphatic heterocycles. The number of nitrogens with zero attached hydrogens (tertiary/aromatic N) is 1. The number of benzene rings is 2. The molecule has 0 saturated carbocycles. The molecule has 0 fully saturated rings. The van der Waals surface area contributed by atoms with Crippen LogP contribution in [0, 0.1) is 5.21 Å². The summed E-state index contributed by atoms with van der Waals surface area (Å²) >= 11 is 5.93. The van der Waals surface area contributed by atoms with Crippen molar-refractivity contribution in [3.8, 4) is 0 Å². The van der Waals surface area contributed by atoms with Crippen LogP contribution in [0.3, 0.4) is 0 Å². The minimum Gasteiger partial charge on any atom is -0.618 e. The molecule has 0 atom stereocenters. The molecular weight excluding hydrogens is 338 g/mol. The van der Waals surface area contributed by atoms with Crippen molar-refractivity contribution in [2.45, 2.75) is 6.54 Å². The van der Waals surface area contributed by atoms with Gasteiger partial charge in [-0.05, 0) is 35.4 Å². The molecule has 2 aromatic carbocycles. The zero-order valence-electron chi connectivity index (χ0n) is 13.3. The molecule has 3 aromatic rings. The van der Waals surface area contributed by atoms with Gasteiger partial charge in [-0.3, -0.25) is 4.79 Å². The molecular formula is C19H16ClN3O2. The number of hydrogen-bond donors (Lipinski definition) is 2. The summed E-state index contributed by atoms with van der Waals surface area (Å²) in [5.74, 6) is -0.343. The van der Waals surface area contributed by atoms with Crippen LogP contribution in [-0.2, 0) is 6.54 Å². The van der Waals surface area contributed by atoms with Crippen LogP contribution in [0.25, 0.3) is 0 Å². The number of para-hydroxylation sites is 1. The summed E-state index contributed by atoms with van der Waals surface area (Å²) in [4.78, 5) is 12.6. The monoisotopic (exact) mass is 353 g/mol. The van der Waals surface area contributed by atoms with Crippen molar-refractivity contribution in [1.29, 1.82) is 0 Å². The predicted molar refractivity (Wildman–Crippen MR) is 98.6 cm³/mol. The highest BCUT2D eigenvalue weighted by Gasteiger charge is 2.16. The van der Waals surface area contributed by atoms with Gasteiger partial charge in [0.05, 0.1) is 5.56 Å². The Hall–Kier alpha value is -3.05. The van der Waals surface area contributed by atoms with Crippen LogP contribution >= 0.6 is 11.6 Å². The van der Waals surface area contributed by atoms with E-state index < -0.39 is 0 Å². The fraction of sp³-hybridized carbons (Fsp3) is 0.0526. The van der Waals surface area contributed by atoms with E-state index in [-0.39, 0.29) is 16.7 Å². The number of nitrogens with one attached hydrogen (secondary N) is 2. The molecule has 0 aliphatic rings. The highest BCUT2D eigenvalue weighted by molar-refractivity contribution is 6.31. The van der Waals surface area contributed by atoms with E-state index in [1.165, 1.54) is 12.3 Å². The van der Waals surface area contributed by atoms with Crippen LogP contribution in [0.15, 0.2) is 72.9 Å². The Morgan fingerprint density at radius 3 is 2.44 bits per heavy atom. The van der Waals surface area contributed by atoms with Crippen LogP contribution in [0.4, 0.5) is 11.4 Å². The van der Waals surface area contributed by atoms with Crippen molar-refractivity contribution in [2.24, 2.45) is 0 Å². The first-order valence-corrected chi connectivity index (χ1v) is 8.09. The molecule has 2 N–H and O–H groups in total. The third-order valence-corrected chi connectivity index (χ3v) is 4.02. The number of amides is 1. The highest BCUT2D eigenvalue weighted by Crippen LogP contribution is 2.21. The minimum atomic E-state index is -0.343. The first-order valence-electron chi connectivity index (χ1n) is 7.71. The Labute approximate surface area is 150 Å². The predicted octanol–water partition coefficient (Wildman–Crippen LogP) is 3.84. The van der Waals surface area contributed by atoms with Crippen molar-refractivity contribution in [3.05, 3.63) is 94.4 Å². The largest absolute Gasteiger partial charge is 0.618 e. The molecule has 0 aliphatic carbocycles. The average Bonchev–Trinajstić information content (AvgIpc) is 2.65. The van der Waals surface area contributed by atoms with Crippen LogP contribution in [0.2, 0.25) is 5.15 Å². The standard InChI is InChI=1S/C19H16ClN3O2/c20-18-17(11-6-12-23(18)25)22-19(24)15-9-4-5-10-16(15)21-13-14-7-2-1-3-8-14/h1-12,21H,13H2,(H,22,24). The molecule has 1 heterocycles. The van der Waals surface area contributed by atoms with E-state index >= 15 is 0 Å². The molecule has 1 amide bonds. The maximum absolute atomic E-state index is 12.6. The van der Waals surface area contributed by atoms with E-state index in [1.54, 1.807) is 18.2 Å². The van der Waals surface area contributed by atoms with Gasteiger partial charge in [0, 0.05) is 18.3 Å². The van der Waals surface area contributed by atoms with Gasteiger partial charge in [0.15, 0.2) is 6.20 Å². The van der Waals surface area contributed by atoms with Crippen molar-refractivity contribution >= 4 is 28.9 Å². The van der Waals surface area contributed by atoms with Crippen LogP contribution in [0.1, 0.15) is 15.9 Å². The van der Waals surface area contributed by atoms with Gasteiger partial charge in [0.2, 0.25) is 0 Å². The Bertz CT molecular complexity index is 885. The average molecular weight is 354 g/mol. The first kappa shape index (κ1) is 16.8. The second-order valence-corrected chi connectivity index (χ2v) is 5.74. The molecule has 0 spiro atoms. The van der Waals surface area contributed by atoms with Gasteiger partial charge >= 0.3 is 5.15 Å². The van der Waals surface area contributed by atoms with E-state index in [0.29, 0.717) is 22.5 Å².